The molecule has 2 aliphatic heterocycles. The fourth-order valence-corrected chi connectivity index (χ4v) is 1.02. The first-order valence-electron chi connectivity index (χ1n) is 2.89. The highest BCUT2D eigenvalue weighted by Crippen LogP contribution is 2.15. The summed E-state index contributed by atoms with van der Waals surface area (Å²) in [6, 6.07) is 0. The third-order valence-electron chi connectivity index (χ3n) is 1.43. The van der Waals surface area contributed by atoms with Gasteiger partial charge in [-0.15, -0.1) is 0 Å². The average Bonchev–Trinajstić information content (AvgIpc) is 2.21. The van der Waals surface area contributed by atoms with Crippen LogP contribution in [0.25, 0.3) is 0 Å². The molecule has 0 aromatic heterocycles. The maximum atomic E-state index is 10.6. The first kappa shape index (κ1) is 5.34. The second kappa shape index (κ2) is 1.53. The van der Waals surface area contributed by atoms with E-state index in [9.17, 15) is 9.59 Å². The van der Waals surface area contributed by atoms with Gasteiger partial charge in [0.2, 0.25) is 5.91 Å². The van der Waals surface area contributed by atoms with Crippen LogP contribution in [0.5, 0.6) is 0 Å². The summed E-state index contributed by atoms with van der Waals surface area (Å²) in [4.78, 5) is 24.7. The Kier molecular flexibility index (Phi) is 0.818. The fourth-order valence-electron chi connectivity index (χ4n) is 1.02. The molecule has 0 aromatic rings. The number of carbonyl (C=O) groups excluding carboxylic acids is 2. The summed E-state index contributed by atoms with van der Waals surface area (Å²) in [6.07, 6.45) is 1.68. The molecule has 4 heteroatoms. The molecule has 0 saturated carbocycles. The van der Waals surface area contributed by atoms with Crippen molar-refractivity contribution in [3.63, 3.8) is 0 Å². The van der Waals surface area contributed by atoms with Crippen molar-refractivity contribution in [3.8, 4) is 0 Å². The maximum absolute atomic E-state index is 10.6. The number of nitrogens with zero attached hydrogens (tertiary/aromatic N) is 1. The normalized spacial score (nSPS) is 22.0. The van der Waals surface area contributed by atoms with Gasteiger partial charge in [0, 0.05) is 11.6 Å². The minimum absolute atomic E-state index is 0.0856. The van der Waals surface area contributed by atoms with Crippen molar-refractivity contribution in [1.29, 1.82) is 0 Å². The quantitative estimate of drug-likeness (QED) is 0.482. The van der Waals surface area contributed by atoms with E-state index in [1.54, 1.807) is 0 Å². The van der Waals surface area contributed by atoms with Crippen LogP contribution in [0.3, 0.4) is 0 Å². The Hall–Kier alpha value is -1.45. The van der Waals surface area contributed by atoms with Crippen LogP contribution in [0, 0.1) is 0 Å². The molecule has 0 aliphatic carbocycles. The molecule has 1 saturated heterocycles. The van der Waals surface area contributed by atoms with E-state index in [2.05, 4.69) is 10.3 Å². The molecule has 1 N–H and O–H groups in total. The topological polar surface area (TPSA) is 58.5 Å². The van der Waals surface area contributed by atoms with E-state index in [0.717, 1.165) is 5.57 Å². The van der Waals surface area contributed by atoms with E-state index in [1.807, 2.05) is 0 Å². The predicted molar refractivity (Wildman–Crippen MR) is 33.3 cm³/mol. The van der Waals surface area contributed by atoms with Crippen LogP contribution in [-0.2, 0) is 9.59 Å². The summed E-state index contributed by atoms with van der Waals surface area (Å²) < 4.78 is 0. The number of hydrogen-bond donors (Lipinski definition) is 1. The second-order valence-corrected chi connectivity index (χ2v) is 2.19. The standard InChI is InChI=1S/C6H4N2O2/c9-4-1-3-2-5(10)8-6(3)7-4/h1H,2H2,(H,7,8,9,10). The van der Waals surface area contributed by atoms with Gasteiger partial charge in [0.15, 0.2) is 0 Å². The smallest absolute Gasteiger partial charge is 0.272 e. The van der Waals surface area contributed by atoms with E-state index < -0.39 is 0 Å². The third kappa shape index (κ3) is 0.586. The van der Waals surface area contributed by atoms with E-state index in [1.165, 1.54) is 6.08 Å². The lowest BCUT2D eigenvalue weighted by Gasteiger charge is -1.86. The molecule has 2 heterocycles. The highest BCUT2D eigenvalue weighted by Gasteiger charge is 2.27. The van der Waals surface area contributed by atoms with Gasteiger partial charge in [-0.3, -0.25) is 9.59 Å². The molecule has 0 unspecified atom stereocenters. The monoisotopic (exact) mass is 136 g/mol. The van der Waals surface area contributed by atoms with Crippen LogP contribution < -0.4 is 5.32 Å². The van der Waals surface area contributed by atoms with E-state index in [0.29, 0.717) is 12.3 Å². The SMILES string of the molecule is O=C1C=C2CC(=O)NC2=N1. The average molecular weight is 136 g/mol. The third-order valence-corrected chi connectivity index (χ3v) is 1.43. The number of hydrogen-bond acceptors (Lipinski definition) is 2. The van der Waals surface area contributed by atoms with Gasteiger partial charge in [-0.2, -0.15) is 4.99 Å². The maximum Gasteiger partial charge on any atom is 0.272 e. The van der Waals surface area contributed by atoms with Crippen molar-refractivity contribution in [2.24, 2.45) is 4.99 Å². The zero-order chi connectivity index (χ0) is 7.14. The Morgan fingerprint density at radius 2 is 2.30 bits per heavy atom. The van der Waals surface area contributed by atoms with Crippen molar-refractivity contribution in [2.45, 2.75) is 6.42 Å². The Labute approximate surface area is 56.6 Å². The van der Waals surface area contributed by atoms with Gasteiger partial charge in [-0.05, 0) is 0 Å². The minimum Gasteiger partial charge on any atom is -0.310 e. The number of fused-ring (bicyclic) bond motifs is 1. The molecular formula is C6H4N2O2. The van der Waals surface area contributed by atoms with Crippen molar-refractivity contribution >= 4 is 17.6 Å². The number of rotatable bonds is 0. The molecule has 0 bridgehead atoms. The molecule has 2 rings (SSSR count). The molecule has 0 atom stereocenters. The zero-order valence-corrected chi connectivity index (χ0v) is 5.05. The Morgan fingerprint density at radius 1 is 1.50 bits per heavy atom. The Bertz CT molecular complexity index is 262. The summed E-state index contributed by atoms with van der Waals surface area (Å²) in [7, 11) is 0. The van der Waals surface area contributed by atoms with Gasteiger partial charge in [0.05, 0.1) is 6.42 Å². The lowest BCUT2D eigenvalue weighted by molar-refractivity contribution is -0.118. The molecule has 0 spiro atoms. The number of nitrogens with one attached hydrogen (secondary N) is 1. The van der Waals surface area contributed by atoms with Gasteiger partial charge in [0.25, 0.3) is 5.91 Å². The molecule has 10 heavy (non-hydrogen) atoms. The first-order valence-corrected chi connectivity index (χ1v) is 2.89. The fraction of sp³-hybridized carbons (Fsp3) is 0.167. The summed E-state index contributed by atoms with van der Waals surface area (Å²) in [5, 5.41) is 2.47. The summed E-state index contributed by atoms with van der Waals surface area (Å²) in [5.41, 5.74) is 0.718. The van der Waals surface area contributed by atoms with E-state index in [4.69, 9.17) is 0 Å². The highest BCUT2D eigenvalue weighted by atomic mass is 16.2. The molecular weight excluding hydrogens is 132 g/mol. The summed E-state index contributed by atoms with van der Waals surface area (Å²) in [6.45, 7) is 0. The zero-order valence-electron chi connectivity index (χ0n) is 5.05. The largest absolute Gasteiger partial charge is 0.310 e. The van der Waals surface area contributed by atoms with Crippen molar-refractivity contribution < 1.29 is 9.59 Å². The Balaban J connectivity index is 2.43. The molecule has 1 fully saturated rings. The van der Waals surface area contributed by atoms with Crippen LogP contribution in [0.1, 0.15) is 6.42 Å². The van der Waals surface area contributed by atoms with E-state index in [-0.39, 0.29) is 11.8 Å². The molecule has 2 amide bonds. The lowest BCUT2D eigenvalue weighted by atomic mass is 10.2. The summed E-state index contributed by atoms with van der Waals surface area (Å²) >= 11 is 0. The van der Waals surface area contributed by atoms with Crippen LogP contribution >= 0.6 is 0 Å². The van der Waals surface area contributed by atoms with Gasteiger partial charge in [-0.25, -0.2) is 0 Å². The van der Waals surface area contributed by atoms with Crippen molar-refractivity contribution in [2.75, 3.05) is 0 Å². The van der Waals surface area contributed by atoms with Crippen LogP contribution in [-0.4, -0.2) is 17.6 Å². The van der Waals surface area contributed by atoms with Gasteiger partial charge in [0.1, 0.15) is 5.84 Å². The molecule has 4 nitrogen and oxygen atoms in total. The molecule has 50 valence electrons. The van der Waals surface area contributed by atoms with Gasteiger partial charge >= 0.3 is 0 Å². The first-order chi connectivity index (χ1) is 4.75. The number of carbonyl (C=O) groups is 2. The molecule has 2 aliphatic rings. The highest BCUT2D eigenvalue weighted by molar-refractivity contribution is 6.25. The molecule has 0 radical (unpaired) electrons. The number of amidine groups is 1. The van der Waals surface area contributed by atoms with Crippen molar-refractivity contribution in [1.82, 2.24) is 5.32 Å². The van der Waals surface area contributed by atoms with Crippen molar-refractivity contribution in [3.05, 3.63) is 11.6 Å². The number of aliphatic imine (C=N–C) groups is 1. The predicted octanol–water partition coefficient (Wildman–Crippen LogP) is -0.629. The number of amides is 2. The van der Waals surface area contributed by atoms with Crippen LogP contribution in [0.15, 0.2) is 16.6 Å². The van der Waals surface area contributed by atoms with E-state index >= 15 is 0 Å². The summed E-state index contributed by atoms with van der Waals surface area (Å²) in [5.74, 6) is 0.0810. The minimum atomic E-state index is -0.273. The van der Waals surface area contributed by atoms with Gasteiger partial charge in [-0.1, -0.05) is 0 Å². The molecule has 0 aromatic carbocycles. The van der Waals surface area contributed by atoms with Gasteiger partial charge < -0.3 is 5.32 Å². The Morgan fingerprint density at radius 3 is 3.00 bits per heavy atom. The second-order valence-electron chi connectivity index (χ2n) is 2.19. The van der Waals surface area contributed by atoms with Crippen LogP contribution in [0.2, 0.25) is 0 Å². The lowest BCUT2D eigenvalue weighted by Crippen LogP contribution is -2.19. The van der Waals surface area contributed by atoms with Crippen LogP contribution in [0.4, 0.5) is 0 Å².